The molecule has 0 radical (unpaired) electrons. The molecule has 2 atom stereocenters. The van der Waals surface area contributed by atoms with Crippen molar-refractivity contribution in [1.29, 1.82) is 0 Å². The summed E-state index contributed by atoms with van der Waals surface area (Å²) >= 11 is 0. The molecule has 19 heavy (non-hydrogen) atoms. The normalized spacial score (nSPS) is 13.8. The molecule has 1 aromatic carbocycles. The smallest absolute Gasteiger partial charge is 0.272 e. The fourth-order valence-electron chi connectivity index (χ4n) is 1.74. The van der Waals surface area contributed by atoms with Crippen molar-refractivity contribution in [3.8, 4) is 0 Å². The van der Waals surface area contributed by atoms with E-state index in [2.05, 4.69) is 20.2 Å². The first-order valence-corrected chi connectivity index (χ1v) is 5.48. The van der Waals surface area contributed by atoms with E-state index in [-0.39, 0.29) is 12.1 Å². The number of aliphatic hydroxyl groups is 2. The topological polar surface area (TPSA) is 135 Å². The molecule has 0 saturated heterocycles. The zero-order chi connectivity index (χ0) is 13.8. The number of azide groups is 1. The average Bonchev–Trinajstić information content (AvgIpc) is 2.43. The van der Waals surface area contributed by atoms with Crippen molar-refractivity contribution in [3.63, 3.8) is 0 Å². The third-order valence-corrected chi connectivity index (χ3v) is 2.73. The second-order valence-corrected chi connectivity index (χ2v) is 3.97. The molecule has 0 bridgehead atoms. The number of nitrogens with zero attached hydrogens (tertiary/aromatic N) is 4. The Labute approximate surface area is 106 Å². The minimum Gasteiger partial charge on any atom is -0.390 e. The molecule has 3 N–H and O–H groups in total. The van der Waals surface area contributed by atoms with Crippen molar-refractivity contribution in [2.24, 2.45) is 5.11 Å². The van der Waals surface area contributed by atoms with Crippen LogP contribution in [0.5, 0.6) is 0 Å². The fraction of sp³-hybridized carbons (Fsp3) is 0.273. The van der Waals surface area contributed by atoms with Crippen LogP contribution in [0, 0.1) is 0 Å². The Balaban J connectivity index is 2.35. The number of H-pyrrole nitrogens is 1. The number of aliphatic hydroxyl groups excluding tert-OH is 2. The van der Waals surface area contributed by atoms with Gasteiger partial charge < -0.3 is 10.2 Å². The Hall–Kier alpha value is -2.41. The number of benzene rings is 1. The van der Waals surface area contributed by atoms with E-state index in [0.717, 1.165) is 0 Å². The number of fused-ring (bicyclic) bond motifs is 1. The van der Waals surface area contributed by atoms with Gasteiger partial charge in [-0.3, -0.25) is 4.79 Å². The number of aromatic amines is 1. The molecule has 0 aliphatic rings. The van der Waals surface area contributed by atoms with Gasteiger partial charge in [-0.15, -0.1) is 0 Å². The van der Waals surface area contributed by atoms with Crippen LogP contribution in [0.4, 0.5) is 0 Å². The highest BCUT2D eigenvalue weighted by atomic mass is 16.3. The predicted octanol–water partition coefficient (Wildman–Crippen LogP) is 0.628. The molecule has 1 heterocycles. The summed E-state index contributed by atoms with van der Waals surface area (Å²) < 4.78 is 0. The Bertz CT molecular complexity index is 692. The van der Waals surface area contributed by atoms with Crippen LogP contribution in [0.1, 0.15) is 11.7 Å². The fourth-order valence-corrected chi connectivity index (χ4v) is 1.74. The Morgan fingerprint density at radius 1 is 1.47 bits per heavy atom. The SMILES string of the molecule is [N-]=[N+]=NCC(O)C(O)c1ccc2c(=O)[nH]ncc2c1. The van der Waals surface area contributed by atoms with Crippen LogP contribution in [0.15, 0.2) is 34.3 Å². The van der Waals surface area contributed by atoms with Gasteiger partial charge >= 0.3 is 0 Å². The maximum Gasteiger partial charge on any atom is 0.272 e. The van der Waals surface area contributed by atoms with E-state index in [1.807, 2.05) is 0 Å². The van der Waals surface area contributed by atoms with Crippen LogP contribution < -0.4 is 5.56 Å². The van der Waals surface area contributed by atoms with Gasteiger partial charge in [-0.2, -0.15) is 5.10 Å². The van der Waals surface area contributed by atoms with Crippen LogP contribution in [-0.4, -0.2) is 33.1 Å². The minimum absolute atomic E-state index is 0.233. The molecule has 0 saturated carbocycles. The van der Waals surface area contributed by atoms with E-state index in [1.54, 1.807) is 6.07 Å². The zero-order valence-corrected chi connectivity index (χ0v) is 9.76. The van der Waals surface area contributed by atoms with E-state index >= 15 is 0 Å². The average molecular weight is 261 g/mol. The number of hydrogen-bond donors (Lipinski definition) is 3. The zero-order valence-electron chi connectivity index (χ0n) is 9.76. The van der Waals surface area contributed by atoms with Crippen molar-refractivity contribution in [3.05, 3.63) is 50.8 Å². The van der Waals surface area contributed by atoms with E-state index in [9.17, 15) is 15.0 Å². The molecule has 1 aromatic heterocycles. The molecular weight excluding hydrogens is 250 g/mol. The second kappa shape index (κ2) is 5.49. The van der Waals surface area contributed by atoms with Crippen LogP contribution in [0.2, 0.25) is 0 Å². The Morgan fingerprint density at radius 2 is 2.26 bits per heavy atom. The van der Waals surface area contributed by atoms with Crippen molar-refractivity contribution in [2.45, 2.75) is 12.2 Å². The number of rotatable bonds is 4. The molecule has 8 heteroatoms. The van der Waals surface area contributed by atoms with Gasteiger partial charge in [-0.1, -0.05) is 11.2 Å². The van der Waals surface area contributed by atoms with Gasteiger partial charge in [-0.25, -0.2) is 5.10 Å². The number of nitrogens with one attached hydrogen (secondary N) is 1. The van der Waals surface area contributed by atoms with Gasteiger partial charge in [0.05, 0.1) is 24.2 Å². The molecule has 0 aliphatic heterocycles. The Kier molecular flexibility index (Phi) is 3.76. The predicted molar refractivity (Wildman–Crippen MR) is 67.3 cm³/mol. The van der Waals surface area contributed by atoms with Crippen molar-refractivity contribution >= 4 is 10.8 Å². The van der Waals surface area contributed by atoms with Crippen LogP contribution >= 0.6 is 0 Å². The molecule has 0 fully saturated rings. The van der Waals surface area contributed by atoms with Crippen LogP contribution in [-0.2, 0) is 0 Å². The third-order valence-electron chi connectivity index (χ3n) is 2.73. The maximum atomic E-state index is 11.4. The van der Waals surface area contributed by atoms with E-state index in [1.165, 1.54) is 18.3 Å². The first kappa shape index (κ1) is 13.0. The van der Waals surface area contributed by atoms with E-state index in [0.29, 0.717) is 16.3 Å². The number of hydrogen-bond acceptors (Lipinski definition) is 5. The molecule has 8 nitrogen and oxygen atoms in total. The summed E-state index contributed by atoms with van der Waals surface area (Å²) in [5.41, 5.74) is 8.25. The number of aromatic nitrogens is 2. The quantitative estimate of drug-likeness (QED) is 0.422. The molecule has 0 spiro atoms. The summed E-state index contributed by atoms with van der Waals surface area (Å²) in [5, 5.41) is 29.7. The van der Waals surface area contributed by atoms with Crippen LogP contribution in [0.25, 0.3) is 21.2 Å². The van der Waals surface area contributed by atoms with Gasteiger partial charge in [-0.05, 0) is 23.2 Å². The summed E-state index contributed by atoms with van der Waals surface area (Å²) in [4.78, 5) is 14.0. The van der Waals surface area contributed by atoms with Crippen molar-refractivity contribution < 1.29 is 10.2 Å². The summed E-state index contributed by atoms with van der Waals surface area (Å²) in [6.07, 6.45) is -0.954. The summed E-state index contributed by atoms with van der Waals surface area (Å²) in [5.74, 6) is 0. The lowest BCUT2D eigenvalue weighted by Crippen LogP contribution is -2.21. The standard InChI is InChI=1S/C11H11N5O3/c12-16-14-5-9(17)10(18)6-1-2-8-7(3-6)4-13-15-11(8)19/h1-4,9-10,17-18H,5H2,(H,15,19). The summed E-state index contributed by atoms with van der Waals surface area (Å²) in [7, 11) is 0. The van der Waals surface area contributed by atoms with E-state index < -0.39 is 12.2 Å². The lowest BCUT2D eigenvalue weighted by atomic mass is 10.0. The lowest BCUT2D eigenvalue weighted by Gasteiger charge is -2.16. The van der Waals surface area contributed by atoms with Gasteiger partial charge in [0.1, 0.15) is 6.10 Å². The van der Waals surface area contributed by atoms with Crippen LogP contribution in [0.3, 0.4) is 0 Å². The highest BCUT2D eigenvalue weighted by Gasteiger charge is 2.18. The first-order valence-electron chi connectivity index (χ1n) is 5.48. The molecular formula is C11H11N5O3. The first-order chi connectivity index (χ1) is 9.13. The van der Waals surface area contributed by atoms with Gasteiger partial charge in [0.2, 0.25) is 0 Å². The van der Waals surface area contributed by atoms with Gasteiger partial charge in [0.25, 0.3) is 5.56 Å². The molecule has 2 aromatic rings. The third kappa shape index (κ3) is 2.71. The maximum absolute atomic E-state index is 11.4. The van der Waals surface area contributed by atoms with Crippen molar-refractivity contribution in [1.82, 2.24) is 10.2 Å². The minimum atomic E-state index is -1.21. The second-order valence-electron chi connectivity index (χ2n) is 3.97. The molecule has 0 amide bonds. The van der Waals surface area contributed by atoms with Gasteiger partial charge in [0.15, 0.2) is 0 Å². The highest BCUT2D eigenvalue weighted by molar-refractivity contribution is 5.81. The lowest BCUT2D eigenvalue weighted by molar-refractivity contribution is 0.0245. The van der Waals surface area contributed by atoms with E-state index in [4.69, 9.17) is 5.53 Å². The molecule has 2 rings (SSSR count). The molecule has 98 valence electrons. The monoisotopic (exact) mass is 261 g/mol. The Morgan fingerprint density at radius 3 is 3.00 bits per heavy atom. The molecule has 0 aliphatic carbocycles. The summed E-state index contributed by atoms with van der Waals surface area (Å²) in [6.45, 7) is -0.233. The highest BCUT2D eigenvalue weighted by Crippen LogP contribution is 2.20. The largest absolute Gasteiger partial charge is 0.390 e. The molecule has 2 unspecified atom stereocenters. The summed E-state index contributed by atoms with van der Waals surface area (Å²) in [6, 6.07) is 4.62. The van der Waals surface area contributed by atoms with Crippen molar-refractivity contribution in [2.75, 3.05) is 6.54 Å². The van der Waals surface area contributed by atoms with Gasteiger partial charge in [0, 0.05) is 10.3 Å².